The number of benzene rings is 2. The van der Waals surface area contributed by atoms with E-state index >= 15 is 0 Å². The number of unbranched alkanes of at least 4 members (excludes halogenated alkanes) is 12. The van der Waals surface area contributed by atoms with E-state index in [-0.39, 0.29) is 11.6 Å². The molecule has 0 saturated carbocycles. The molecule has 212 valence electrons. The van der Waals surface area contributed by atoms with E-state index in [1.807, 2.05) is 30.3 Å². The number of hydrogen-bond acceptors (Lipinski definition) is 2. The van der Waals surface area contributed by atoms with Crippen molar-refractivity contribution in [1.29, 1.82) is 0 Å². The van der Waals surface area contributed by atoms with Gasteiger partial charge in [0.05, 0.1) is 6.61 Å². The van der Waals surface area contributed by atoms with Crippen LogP contribution in [-0.2, 0) is 0 Å². The van der Waals surface area contributed by atoms with Crippen molar-refractivity contribution in [2.24, 2.45) is 5.92 Å². The molecular weight excluding hydrogens is 471 g/mol. The van der Waals surface area contributed by atoms with E-state index in [0.717, 1.165) is 48.3 Å². The van der Waals surface area contributed by atoms with Crippen LogP contribution in [0.15, 0.2) is 42.5 Å². The molecule has 2 nitrogen and oxygen atoms in total. The molecule has 0 spiro atoms. The van der Waals surface area contributed by atoms with Gasteiger partial charge in [-0.15, -0.1) is 0 Å². The SMILES string of the molecule is CCCCCCCCCCCC(=O)c1ccc(-c2ccc(OCCCCCCC[C@@H](C)CC)c(F)c2)cc1. The Labute approximate surface area is 232 Å². The molecule has 0 aliphatic rings. The maximum absolute atomic E-state index is 14.7. The topological polar surface area (TPSA) is 26.3 Å². The maximum Gasteiger partial charge on any atom is 0.165 e. The molecule has 0 bridgehead atoms. The van der Waals surface area contributed by atoms with E-state index in [9.17, 15) is 9.18 Å². The molecule has 0 aromatic heterocycles. The summed E-state index contributed by atoms with van der Waals surface area (Å²) in [5.74, 6) is 1.02. The Bertz CT molecular complexity index is 889. The average molecular weight is 525 g/mol. The van der Waals surface area contributed by atoms with Gasteiger partial charge in [0, 0.05) is 12.0 Å². The smallest absolute Gasteiger partial charge is 0.165 e. The average Bonchev–Trinajstić information content (AvgIpc) is 2.94. The van der Waals surface area contributed by atoms with Crippen LogP contribution in [0.2, 0.25) is 0 Å². The van der Waals surface area contributed by atoms with Gasteiger partial charge in [0.15, 0.2) is 17.3 Å². The molecule has 0 radical (unpaired) electrons. The van der Waals surface area contributed by atoms with Crippen LogP contribution in [0.5, 0.6) is 5.75 Å². The van der Waals surface area contributed by atoms with Gasteiger partial charge in [0.2, 0.25) is 0 Å². The van der Waals surface area contributed by atoms with Crippen LogP contribution in [0.1, 0.15) is 140 Å². The second-order valence-corrected chi connectivity index (χ2v) is 11.1. The summed E-state index contributed by atoms with van der Waals surface area (Å²) >= 11 is 0. The number of hydrogen-bond donors (Lipinski definition) is 0. The lowest BCUT2D eigenvalue weighted by atomic mass is 9.99. The predicted octanol–water partition coefficient (Wildman–Crippen LogP) is 11.4. The van der Waals surface area contributed by atoms with Crippen LogP contribution in [0.4, 0.5) is 4.39 Å². The molecule has 1 atom stereocenters. The molecule has 0 aliphatic heterocycles. The normalized spacial score (nSPS) is 12.0. The fraction of sp³-hybridized carbons (Fsp3) is 0.629. The first-order valence-corrected chi connectivity index (χ1v) is 15.6. The first-order chi connectivity index (χ1) is 18.5. The molecule has 2 aromatic carbocycles. The van der Waals surface area contributed by atoms with E-state index in [1.165, 1.54) is 83.1 Å². The van der Waals surface area contributed by atoms with Crippen molar-refractivity contribution in [2.75, 3.05) is 6.61 Å². The van der Waals surface area contributed by atoms with Crippen molar-refractivity contribution in [2.45, 2.75) is 130 Å². The van der Waals surface area contributed by atoms with E-state index in [1.54, 1.807) is 6.07 Å². The van der Waals surface area contributed by atoms with E-state index in [2.05, 4.69) is 20.8 Å². The molecular formula is C35H53FO2. The molecule has 0 amide bonds. The summed E-state index contributed by atoms with van der Waals surface area (Å²) in [6, 6.07) is 12.7. The van der Waals surface area contributed by atoms with Crippen LogP contribution < -0.4 is 4.74 Å². The highest BCUT2D eigenvalue weighted by molar-refractivity contribution is 5.96. The Morgan fingerprint density at radius 1 is 0.737 bits per heavy atom. The van der Waals surface area contributed by atoms with Crippen molar-refractivity contribution in [3.63, 3.8) is 0 Å². The monoisotopic (exact) mass is 524 g/mol. The minimum Gasteiger partial charge on any atom is -0.491 e. The number of Topliss-reactive ketones (excluding diaryl/α,β-unsaturated/α-hetero) is 1. The highest BCUT2D eigenvalue weighted by atomic mass is 19.1. The van der Waals surface area contributed by atoms with Gasteiger partial charge in [-0.2, -0.15) is 0 Å². The van der Waals surface area contributed by atoms with Crippen LogP contribution >= 0.6 is 0 Å². The molecule has 0 aliphatic carbocycles. The predicted molar refractivity (Wildman–Crippen MR) is 161 cm³/mol. The summed E-state index contributed by atoms with van der Waals surface area (Å²) in [4.78, 5) is 12.6. The standard InChI is InChI=1S/C35H53FO2/c1-4-6-7-8-9-10-11-14-17-20-34(37)31-23-21-30(22-24-31)32-25-26-35(33(36)28-32)38-27-18-15-12-13-16-19-29(3)5-2/h21-26,28-29H,4-20,27H2,1-3H3/t29-/m0/s1. The lowest BCUT2D eigenvalue weighted by Gasteiger charge is -2.10. The van der Waals surface area contributed by atoms with Crippen molar-refractivity contribution >= 4 is 5.78 Å². The Balaban J connectivity index is 1.66. The minimum absolute atomic E-state index is 0.199. The number of halogens is 1. The van der Waals surface area contributed by atoms with Gasteiger partial charge in [-0.25, -0.2) is 4.39 Å². The molecule has 38 heavy (non-hydrogen) atoms. The molecule has 0 heterocycles. The van der Waals surface area contributed by atoms with E-state index in [0.29, 0.717) is 18.8 Å². The second kappa shape index (κ2) is 19.8. The van der Waals surface area contributed by atoms with Crippen LogP contribution in [-0.4, -0.2) is 12.4 Å². The molecule has 0 N–H and O–H groups in total. The number of ether oxygens (including phenoxy) is 1. The summed E-state index contributed by atoms with van der Waals surface area (Å²) < 4.78 is 20.4. The molecule has 2 aromatic rings. The van der Waals surface area contributed by atoms with Gasteiger partial charge in [-0.1, -0.05) is 141 Å². The number of ketones is 1. The summed E-state index contributed by atoms with van der Waals surface area (Å²) in [6.07, 6.45) is 20.3. The highest BCUT2D eigenvalue weighted by Gasteiger charge is 2.09. The Kier molecular flexibility index (Phi) is 16.7. The zero-order chi connectivity index (χ0) is 27.4. The minimum atomic E-state index is -0.332. The number of carbonyl (C=O) groups is 1. The number of rotatable bonds is 22. The maximum atomic E-state index is 14.7. The summed E-state index contributed by atoms with van der Waals surface area (Å²) in [6.45, 7) is 7.38. The third-order valence-corrected chi connectivity index (χ3v) is 7.78. The summed E-state index contributed by atoms with van der Waals surface area (Å²) in [5, 5.41) is 0. The van der Waals surface area contributed by atoms with Crippen molar-refractivity contribution < 1.29 is 13.9 Å². The van der Waals surface area contributed by atoms with Crippen molar-refractivity contribution in [3.8, 4) is 16.9 Å². The summed E-state index contributed by atoms with van der Waals surface area (Å²) in [7, 11) is 0. The molecule has 0 saturated heterocycles. The van der Waals surface area contributed by atoms with Crippen molar-refractivity contribution in [1.82, 2.24) is 0 Å². The first kappa shape index (κ1) is 32.1. The summed E-state index contributed by atoms with van der Waals surface area (Å²) in [5.41, 5.74) is 2.45. The van der Waals surface area contributed by atoms with Crippen LogP contribution in [0.25, 0.3) is 11.1 Å². The third-order valence-electron chi connectivity index (χ3n) is 7.78. The molecule has 0 fully saturated rings. The second-order valence-electron chi connectivity index (χ2n) is 11.1. The van der Waals surface area contributed by atoms with Gasteiger partial charge in [-0.3, -0.25) is 4.79 Å². The van der Waals surface area contributed by atoms with Crippen LogP contribution in [0.3, 0.4) is 0 Å². The zero-order valence-electron chi connectivity index (χ0n) is 24.5. The highest BCUT2D eigenvalue weighted by Crippen LogP contribution is 2.27. The number of carbonyl (C=O) groups excluding carboxylic acids is 1. The molecule has 2 rings (SSSR count). The molecule has 3 heteroatoms. The van der Waals surface area contributed by atoms with E-state index < -0.39 is 0 Å². The molecule has 0 unspecified atom stereocenters. The fourth-order valence-electron chi connectivity index (χ4n) is 4.90. The van der Waals surface area contributed by atoms with Gasteiger partial charge >= 0.3 is 0 Å². The first-order valence-electron chi connectivity index (χ1n) is 15.6. The zero-order valence-corrected chi connectivity index (χ0v) is 24.5. The van der Waals surface area contributed by atoms with Gasteiger partial charge in [-0.05, 0) is 42.0 Å². The van der Waals surface area contributed by atoms with Crippen LogP contribution in [0, 0.1) is 11.7 Å². The Hall–Kier alpha value is -2.16. The third kappa shape index (κ3) is 13.1. The van der Waals surface area contributed by atoms with E-state index in [4.69, 9.17) is 4.74 Å². The van der Waals surface area contributed by atoms with Gasteiger partial charge in [0.25, 0.3) is 0 Å². The largest absolute Gasteiger partial charge is 0.491 e. The Morgan fingerprint density at radius 2 is 1.32 bits per heavy atom. The Morgan fingerprint density at radius 3 is 1.95 bits per heavy atom. The lowest BCUT2D eigenvalue weighted by molar-refractivity contribution is 0.0979. The fourth-order valence-corrected chi connectivity index (χ4v) is 4.90. The lowest BCUT2D eigenvalue weighted by Crippen LogP contribution is -2.00. The quantitative estimate of drug-likeness (QED) is 0.113. The van der Waals surface area contributed by atoms with Gasteiger partial charge in [0.1, 0.15) is 0 Å². The van der Waals surface area contributed by atoms with Gasteiger partial charge < -0.3 is 4.74 Å². The van der Waals surface area contributed by atoms with Crippen molar-refractivity contribution in [3.05, 3.63) is 53.8 Å².